The molecule has 1 aromatic heterocycles. The van der Waals surface area contributed by atoms with Crippen molar-refractivity contribution in [1.82, 2.24) is 4.98 Å². The van der Waals surface area contributed by atoms with E-state index >= 15 is 0 Å². The number of hydrogen-bond acceptors (Lipinski definition) is 3. The molecule has 1 heterocycles. The molecule has 0 aliphatic heterocycles. The van der Waals surface area contributed by atoms with Gasteiger partial charge in [-0.05, 0) is 42.8 Å². The number of rotatable bonds is 3. The summed E-state index contributed by atoms with van der Waals surface area (Å²) < 4.78 is 1.06. The van der Waals surface area contributed by atoms with Crippen molar-refractivity contribution in [2.24, 2.45) is 0 Å². The second-order valence-electron chi connectivity index (χ2n) is 3.80. The highest BCUT2D eigenvalue weighted by atomic mass is 79.9. The highest BCUT2D eigenvalue weighted by Crippen LogP contribution is 2.22. The molecule has 0 atom stereocenters. The average molecular weight is 292 g/mol. The Hall–Kier alpha value is -1.55. The smallest absolute Gasteiger partial charge is 0.132 e. The van der Waals surface area contributed by atoms with Gasteiger partial charge in [0.25, 0.3) is 0 Å². The van der Waals surface area contributed by atoms with Gasteiger partial charge in [-0.15, -0.1) is 0 Å². The van der Waals surface area contributed by atoms with Gasteiger partial charge in [-0.3, -0.25) is 0 Å². The van der Waals surface area contributed by atoms with Crippen LogP contribution in [0.3, 0.4) is 0 Å². The van der Waals surface area contributed by atoms with Crippen molar-refractivity contribution >= 4 is 33.3 Å². The van der Waals surface area contributed by atoms with E-state index in [0.717, 1.165) is 21.8 Å². The fraction of sp³-hybridized carbons (Fsp3) is 0.154. The molecule has 17 heavy (non-hydrogen) atoms. The lowest BCUT2D eigenvalue weighted by Crippen LogP contribution is -1.97. The molecule has 2 aromatic rings. The van der Waals surface area contributed by atoms with E-state index in [-0.39, 0.29) is 0 Å². The van der Waals surface area contributed by atoms with Gasteiger partial charge in [-0.1, -0.05) is 22.0 Å². The molecule has 0 bridgehead atoms. The molecule has 88 valence electrons. The van der Waals surface area contributed by atoms with Crippen molar-refractivity contribution in [3.8, 4) is 0 Å². The van der Waals surface area contributed by atoms with Crippen LogP contribution >= 0.6 is 15.9 Å². The lowest BCUT2D eigenvalue weighted by molar-refractivity contribution is 1.27. The van der Waals surface area contributed by atoms with Crippen molar-refractivity contribution in [3.63, 3.8) is 0 Å². The molecule has 0 unspecified atom stereocenters. The van der Waals surface area contributed by atoms with Crippen LogP contribution in [-0.2, 0) is 0 Å². The molecule has 3 nitrogen and oxygen atoms in total. The zero-order valence-corrected chi connectivity index (χ0v) is 11.4. The van der Waals surface area contributed by atoms with E-state index in [1.807, 2.05) is 31.3 Å². The van der Waals surface area contributed by atoms with Crippen LogP contribution < -0.4 is 10.6 Å². The maximum atomic E-state index is 4.41. The molecule has 0 amide bonds. The molecule has 1 aromatic carbocycles. The number of hydrogen-bond donors (Lipinski definition) is 2. The molecule has 2 N–H and O–H groups in total. The summed E-state index contributed by atoms with van der Waals surface area (Å²) >= 11 is 3.48. The average Bonchev–Trinajstić information content (AvgIpc) is 2.28. The summed E-state index contributed by atoms with van der Waals surface area (Å²) in [7, 11) is 1.86. The number of halogens is 1. The lowest BCUT2D eigenvalue weighted by Gasteiger charge is -2.08. The monoisotopic (exact) mass is 291 g/mol. The van der Waals surface area contributed by atoms with E-state index in [0.29, 0.717) is 0 Å². The zero-order chi connectivity index (χ0) is 12.3. The van der Waals surface area contributed by atoms with Crippen LogP contribution in [0.1, 0.15) is 5.56 Å². The predicted molar refractivity (Wildman–Crippen MR) is 75.9 cm³/mol. The Labute approximate surface area is 109 Å². The quantitative estimate of drug-likeness (QED) is 0.899. The van der Waals surface area contributed by atoms with Crippen molar-refractivity contribution in [3.05, 3.63) is 46.4 Å². The number of anilines is 3. The Kier molecular flexibility index (Phi) is 3.64. The summed E-state index contributed by atoms with van der Waals surface area (Å²) in [4.78, 5) is 4.41. The molecular formula is C13H14BrN3. The van der Waals surface area contributed by atoms with Crippen molar-refractivity contribution in [2.45, 2.75) is 6.92 Å². The summed E-state index contributed by atoms with van der Waals surface area (Å²) in [5.41, 5.74) is 2.23. The molecule has 0 saturated heterocycles. The highest BCUT2D eigenvalue weighted by Gasteiger charge is 1.99. The van der Waals surface area contributed by atoms with Gasteiger partial charge in [0, 0.05) is 17.2 Å². The van der Waals surface area contributed by atoms with Crippen LogP contribution in [-0.4, -0.2) is 12.0 Å². The summed E-state index contributed by atoms with van der Waals surface area (Å²) in [5.74, 6) is 1.68. The highest BCUT2D eigenvalue weighted by molar-refractivity contribution is 9.10. The van der Waals surface area contributed by atoms with Crippen LogP contribution in [0, 0.1) is 6.92 Å². The van der Waals surface area contributed by atoms with Crippen LogP contribution in [0.4, 0.5) is 17.3 Å². The number of nitrogens with zero attached hydrogens (tertiary/aromatic N) is 1. The van der Waals surface area contributed by atoms with E-state index < -0.39 is 0 Å². The maximum absolute atomic E-state index is 4.41. The number of pyridine rings is 1. The summed E-state index contributed by atoms with van der Waals surface area (Å²) in [6.45, 7) is 2.06. The minimum Gasteiger partial charge on any atom is -0.373 e. The topological polar surface area (TPSA) is 37.0 Å². The van der Waals surface area contributed by atoms with Crippen LogP contribution in [0.25, 0.3) is 0 Å². The van der Waals surface area contributed by atoms with Gasteiger partial charge in [-0.25, -0.2) is 4.98 Å². The second kappa shape index (κ2) is 5.19. The number of aryl methyl sites for hydroxylation is 1. The van der Waals surface area contributed by atoms with E-state index in [9.17, 15) is 0 Å². The molecule has 0 aliphatic carbocycles. The molecule has 0 spiro atoms. The number of nitrogens with one attached hydrogen (secondary N) is 2. The van der Waals surface area contributed by atoms with Gasteiger partial charge in [0.05, 0.1) is 0 Å². The summed E-state index contributed by atoms with van der Waals surface area (Å²) in [6, 6.07) is 12.0. The first-order valence-corrected chi connectivity index (χ1v) is 6.16. The third-order valence-corrected chi connectivity index (χ3v) is 2.78. The summed E-state index contributed by atoms with van der Waals surface area (Å²) in [6.07, 6.45) is 0. The van der Waals surface area contributed by atoms with E-state index in [1.54, 1.807) is 0 Å². The Balaban J connectivity index is 2.24. The predicted octanol–water partition coefficient (Wildman–Crippen LogP) is 3.94. The van der Waals surface area contributed by atoms with E-state index in [2.05, 4.69) is 50.6 Å². The van der Waals surface area contributed by atoms with Gasteiger partial charge >= 0.3 is 0 Å². The van der Waals surface area contributed by atoms with Gasteiger partial charge in [-0.2, -0.15) is 0 Å². The van der Waals surface area contributed by atoms with Crippen molar-refractivity contribution < 1.29 is 0 Å². The molecular weight excluding hydrogens is 278 g/mol. The van der Waals surface area contributed by atoms with Crippen LogP contribution in [0.15, 0.2) is 40.9 Å². The van der Waals surface area contributed by atoms with Gasteiger partial charge in [0.1, 0.15) is 11.6 Å². The molecule has 0 radical (unpaired) electrons. The Morgan fingerprint density at radius 1 is 1.12 bits per heavy atom. The third kappa shape index (κ3) is 3.20. The van der Waals surface area contributed by atoms with Crippen LogP contribution in [0.2, 0.25) is 0 Å². The first-order chi connectivity index (χ1) is 8.17. The van der Waals surface area contributed by atoms with E-state index in [4.69, 9.17) is 0 Å². The van der Waals surface area contributed by atoms with Gasteiger partial charge in [0.15, 0.2) is 0 Å². The minimum absolute atomic E-state index is 0.828. The molecule has 0 saturated carbocycles. The van der Waals surface area contributed by atoms with Gasteiger partial charge in [0.2, 0.25) is 0 Å². The zero-order valence-electron chi connectivity index (χ0n) is 9.79. The number of aromatic nitrogens is 1. The van der Waals surface area contributed by atoms with Crippen molar-refractivity contribution in [1.29, 1.82) is 0 Å². The van der Waals surface area contributed by atoms with Crippen LogP contribution in [0.5, 0.6) is 0 Å². The molecule has 2 rings (SSSR count). The fourth-order valence-electron chi connectivity index (χ4n) is 1.60. The largest absolute Gasteiger partial charge is 0.373 e. The molecule has 0 fully saturated rings. The Bertz CT molecular complexity index is 506. The summed E-state index contributed by atoms with van der Waals surface area (Å²) in [5, 5.41) is 6.29. The number of benzene rings is 1. The third-order valence-electron chi connectivity index (χ3n) is 2.32. The fourth-order valence-corrected chi connectivity index (χ4v) is 2.21. The standard InChI is InChI=1S/C13H14BrN3/c1-9-6-10(14)8-11(7-9)16-13-5-3-4-12(15-2)17-13/h3-8H,1-2H3,(H2,15,16,17). The normalized spacial score (nSPS) is 10.1. The first kappa shape index (κ1) is 11.9. The first-order valence-electron chi connectivity index (χ1n) is 5.36. The lowest BCUT2D eigenvalue weighted by atomic mass is 10.2. The van der Waals surface area contributed by atoms with E-state index in [1.165, 1.54) is 5.56 Å². The Morgan fingerprint density at radius 2 is 1.88 bits per heavy atom. The van der Waals surface area contributed by atoms with Gasteiger partial charge < -0.3 is 10.6 Å². The van der Waals surface area contributed by atoms with Crippen molar-refractivity contribution in [2.75, 3.05) is 17.7 Å². The second-order valence-corrected chi connectivity index (χ2v) is 4.72. The minimum atomic E-state index is 0.828. The maximum Gasteiger partial charge on any atom is 0.132 e. The molecule has 4 heteroatoms. The Morgan fingerprint density at radius 3 is 2.59 bits per heavy atom. The molecule has 0 aliphatic rings. The SMILES string of the molecule is CNc1cccc(Nc2cc(C)cc(Br)c2)n1.